The maximum atomic E-state index is 11.3. The number of carbonyl (C=O) groups is 1. The van der Waals surface area contributed by atoms with Gasteiger partial charge in [0.2, 0.25) is 0 Å². The van der Waals surface area contributed by atoms with Gasteiger partial charge in [0.25, 0.3) is 0 Å². The molecule has 0 unspecified atom stereocenters. The van der Waals surface area contributed by atoms with Crippen molar-refractivity contribution in [1.82, 2.24) is 4.98 Å². The first-order valence-corrected chi connectivity index (χ1v) is 5.09. The molecule has 0 aliphatic carbocycles. The van der Waals surface area contributed by atoms with E-state index >= 15 is 0 Å². The fraction of sp³-hybridized carbons (Fsp3) is 0.500. The zero-order valence-electron chi connectivity index (χ0n) is 10.1. The minimum absolute atomic E-state index is 0.0571. The van der Waals surface area contributed by atoms with Crippen molar-refractivity contribution < 1.29 is 14.3 Å². The Morgan fingerprint density at radius 3 is 2.69 bits per heavy atom. The predicted octanol–water partition coefficient (Wildman–Crippen LogP) is 1.93. The highest BCUT2D eigenvalue weighted by atomic mass is 16.6. The lowest BCUT2D eigenvalue weighted by Crippen LogP contribution is -2.19. The summed E-state index contributed by atoms with van der Waals surface area (Å²) in [5.41, 5.74) is 0.859. The summed E-state index contributed by atoms with van der Waals surface area (Å²) in [6.07, 6.45) is 3.24. The lowest BCUT2D eigenvalue weighted by Gasteiger charge is -2.21. The molecule has 4 nitrogen and oxygen atoms in total. The zero-order valence-corrected chi connectivity index (χ0v) is 10.1. The second-order valence-corrected chi connectivity index (χ2v) is 4.53. The Kier molecular flexibility index (Phi) is 4.01. The second-order valence-electron chi connectivity index (χ2n) is 4.53. The van der Waals surface area contributed by atoms with E-state index in [0.717, 1.165) is 5.56 Å². The summed E-state index contributed by atoms with van der Waals surface area (Å²) in [4.78, 5) is 15.3. The molecule has 0 atom stereocenters. The highest BCUT2D eigenvalue weighted by Crippen LogP contribution is 2.30. The van der Waals surface area contributed by atoms with Crippen molar-refractivity contribution in [3.63, 3.8) is 0 Å². The molecule has 1 rings (SSSR count). The average molecular weight is 223 g/mol. The summed E-state index contributed by atoms with van der Waals surface area (Å²) >= 11 is 0. The van der Waals surface area contributed by atoms with Gasteiger partial charge in [-0.1, -0.05) is 20.8 Å². The molecule has 0 aromatic carbocycles. The Hall–Kier alpha value is -1.42. The molecule has 16 heavy (non-hydrogen) atoms. The van der Waals surface area contributed by atoms with Crippen molar-refractivity contribution in [2.75, 3.05) is 13.7 Å². The highest BCUT2D eigenvalue weighted by Gasteiger charge is 2.20. The zero-order chi connectivity index (χ0) is 12.2. The molecule has 0 bridgehead atoms. The van der Waals surface area contributed by atoms with E-state index in [2.05, 4.69) is 25.8 Å². The molecular weight excluding hydrogens is 206 g/mol. The van der Waals surface area contributed by atoms with Crippen LogP contribution in [0.2, 0.25) is 0 Å². The molecule has 1 aromatic heterocycles. The number of methoxy groups -OCH3 is 1. The first-order chi connectivity index (χ1) is 7.45. The molecule has 0 saturated carbocycles. The SMILES string of the molecule is COCC(=O)Oc1cnccc1C(C)(C)C. The largest absolute Gasteiger partial charge is 0.423 e. The van der Waals surface area contributed by atoms with E-state index in [-0.39, 0.29) is 12.0 Å². The van der Waals surface area contributed by atoms with Gasteiger partial charge in [-0.2, -0.15) is 0 Å². The minimum Gasteiger partial charge on any atom is -0.423 e. The molecular formula is C12H17NO3. The van der Waals surface area contributed by atoms with Crippen LogP contribution in [0.25, 0.3) is 0 Å². The first kappa shape index (κ1) is 12.6. The molecule has 1 aromatic rings. The first-order valence-electron chi connectivity index (χ1n) is 5.09. The number of carbonyl (C=O) groups excluding carboxylic acids is 1. The van der Waals surface area contributed by atoms with Crippen LogP contribution in [0.15, 0.2) is 18.5 Å². The smallest absolute Gasteiger partial charge is 0.337 e. The highest BCUT2D eigenvalue weighted by molar-refractivity contribution is 5.74. The summed E-state index contributed by atoms with van der Waals surface area (Å²) in [6.45, 7) is 6.10. The Morgan fingerprint density at radius 2 is 2.12 bits per heavy atom. The normalized spacial score (nSPS) is 11.2. The summed E-state index contributed by atoms with van der Waals surface area (Å²) < 4.78 is 9.89. The van der Waals surface area contributed by atoms with Gasteiger partial charge in [0.05, 0.1) is 6.20 Å². The molecule has 1 heterocycles. The van der Waals surface area contributed by atoms with E-state index in [4.69, 9.17) is 9.47 Å². The van der Waals surface area contributed by atoms with E-state index in [1.165, 1.54) is 7.11 Å². The van der Waals surface area contributed by atoms with Crippen molar-refractivity contribution in [1.29, 1.82) is 0 Å². The quantitative estimate of drug-likeness (QED) is 0.735. The molecule has 4 heteroatoms. The third kappa shape index (κ3) is 3.31. The van der Waals surface area contributed by atoms with Crippen LogP contribution in [0.5, 0.6) is 5.75 Å². The third-order valence-corrected chi connectivity index (χ3v) is 2.08. The van der Waals surface area contributed by atoms with Crippen molar-refractivity contribution in [3.05, 3.63) is 24.0 Å². The number of hydrogen-bond donors (Lipinski definition) is 0. The number of nitrogens with zero attached hydrogens (tertiary/aromatic N) is 1. The molecule has 0 N–H and O–H groups in total. The van der Waals surface area contributed by atoms with Crippen LogP contribution < -0.4 is 4.74 Å². The van der Waals surface area contributed by atoms with Crippen LogP contribution in [0.1, 0.15) is 26.3 Å². The number of rotatable bonds is 3. The lowest BCUT2D eigenvalue weighted by molar-refractivity contribution is -0.138. The van der Waals surface area contributed by atoms with Crippen molar-refractivity contribution in [2.24, 2.45) is 0 Å². The van der Waals surface area contributed by atoms with Crippen LogP contribution >= 0.6 is 0 Å². The molecule has 88 valence electrons. The number of esters is 1. The average Bonchev–Trinajstić information content (AvgIpc) is 2.17. The van der Waals surface area contributed by atoms with Gasteiger partial charge in [-0.3, -0.25) is 4.98 Å². The fourth-order valence-corrected chi connectivity index (χ4v) is 1.35. The minimum atomic E-state index is -0.416. The second kappa shape index (κ2) is 5.07. The van der Waals surface area contributed by atoms with Crippen LogP contribution in [-0.2, 0) is 14.9 Å². The van der Waals surface area contributed by atoms with Gasteiger partial charge in [-0.25, -0.2) is 4.79 Å². The molecule has 0 saturated heterocycles. The van der Waals surface area contributed by atoms with Crippen molar-refractivity contribution >= 4 is 5.97 Å². The molecule has 0 spiro atoms. The lowest BCUT2D eigenvalue weighted by atomic mass is 9.87. The standard InChI is InChI=1S/C12H17NO3/c1-12(2,3)9-5-6-13-7-10(9)16-11(14)8-15-4/h5-7H,8H2,1-4H3. The fourth-order valence-electron chi connectivity index (χ4n) is 1.35. The summed E-state index contributed by atoms with van der Waals surface area (Å²) in [5, 5.41) is 0. The number of aromatic nitrogens is 1. The van der Waals surface area contributed by atoms with Crippen LogP contribution in [0.4, 0.5) is 0 Å². The molecule has 0 aliphatic rings. The van der Waals surface area contributed by atoms with Gasteiger partial charge < -0.3 is 9.47 Å². The van der Waals surface area contributed by atoms with Gasteiger partial charge in [-0.15, -0.1) is 0 Å². The third-order valence-electron chi connectivity index (χ3n) is 2.08. The predicted molar refractivity (Wildman–Crippen MR) is 60.4 cm³/mol. The van der Waals surface area contributed by atoms with Gasteiger partial charge >= 0.3 is 5.97 Å². The summed E-state index contributed by atoms with van der Waals surface area (Å²) in [7, 11) is 1.45. The van der Waals surface area contributed by atoms with E-state index in [0.29, 0.717) is 5.75 Å². The van der Waals surface area contributed by atoms with Crippen LogP contribution in [-0.4, -0.2) is 24.7 Å². The maximum absolute atomic E-state index is 11.3. The maximum Gasteiger partial charge on any atom is 0.337 e. The van der Waals surface area contributed by atoms with Crippen LogP contribution in [0, 0.1) is 0 Å². The Morgan fingerprint density at radius 1 is 1.44 bits per heavy atom. The topological polar surface area (TPSA) is 48.4 Å². The van der Waals surface area contributed by atoms with Gasteiger partial charge in [-0.05, 0) is 11.5 Å². The van der Waals surface area contributed by atoms with E-state index in [1.54, 1.807) is 12.4 Å². The van der Waals surface area contributed by atoms with E-state index < -0.39 is 5.97 Å². The van der Waals surface area contributed by atoms with Gasteiger partial charge in [0.1, 0.15) is 6.61 Å². The number of ether oxygens (including phenoxy) is 2. The Labute approximate surface area is 95.6 Å². The van der Waals surface area contributed by atoms with E-state index in [1.807, 2.05) is 6.07 Å². The summed E-state index contributed by atoms with van der Waals surface area (Å²) in [5.74, 6) is 0.0815. The van der Waals surface area contributed by atoms with Gasteiger partial charge in [0.15, 0.2) is 5.75 Å². The Balaban J connectivity index is 2.92. The Bertz CT molecular complexity index is 369. The van der Waals surface area contributed by atoms with Crippen LogP contribution in [0.3, 0.4) is 0 Å². The van der Waals surface area contributed by atoms with Crippen molar-refractivity contribution in [2.45, 2.75) is 26.2 Å². The van der Waals surface area contributed by atoms with Gasteiger partial charge in [0, 0.05) is 18.9 Å². The van der Waals surface area contributed by atoms with E-state index in [9.17, 15) is 4.79 Å². The molecule has 0 amide bonds. The monoisotopic (exact) mass is 223 g/mol. The van der Waals surface area contributed by atoms with Crippen molar-refractivity contribution in [3.8, 4) is 5.75 Å². The number of pyridine rings is 1. The molecule has 0 radical (unpaired) electrons. The molecule has 0 fully saturated rings. The molecule has 0 aliphatic heterocycles. The number of hydrogen-bond acceptors (Lipinski definition) is 4. The summed E-state index contributed by atoms with van der Waals surface area (Å²) in [6, 6.07) is 1.86.